The van der Waals surface area contributed by atoms with Gasteiger partial charge in [-0.2, -0.15) is 4.98 Å². The number of carboxylic acid groups (broad SMARTS) is 1. The van der Waals surface area contributed by atoms with Crippen LogP contribution in [0.3, 0.4) is 0 Å². The Hall–Kier alpha value is -1.39. The zero-order valence-electron chi connectivity index (χ0n) is 8.57. The van der Waals surface area contributed by atoms with Crippen LogP contribution in [0, 0.1) is 5.41 Å². The van der Waals surface area contributed by atoms with Crippen LogP contribution in [0.2, 0.25) is 0 Å². The summed E-state index contributed by atoms with van der Waals surface area (Å²) in [6.07, 6.45) is 0.466. The molecule has 0 saturated carbocycles. The van der Waals surface area contributed by atoms with E-state index in [1.165, 1.54) is 0 Å². The summed E-state index contributed by atoms with van der Waals surface area (Å²) in [6.45, 7) is 6.15. The molecule has 14 heavy (non-hydrogen) atoms. The van der Waals surface area contributed by atoms with Crippen molar-refractivity contribution in [2.45, 2.75) is 33.6 Å². The lowest BCUT2D eigenvalue weighted by molar-refractivity contribution is -0.136. The molecule has 0 aliphatic heterocycles. The molecule has 0 bridgehead atoms. The van der Waals surface area contributed by atoms with Crippen LogP contribution >= 0.6 is 0 Å². The van der Waals surface area contributed by atoms with Crippen LogP contribution in [0.5, 0.6) is 0 Å². The van der Waals surface area contributed by atoms with Gasteiger partial charge in [0.1, 0.15) is 6.42 Å². The van der Waals surface area contributed by atoms with Gasteiger partial charge in [-0.3, -0.25) is 4.79 Å². The third kappa shape index (κ3) is 3.55. The van der Waals surface area contributed by atoms with E-state index in [0.29, 0.717) is 12.3 Å². The second-order valence-electron chi connectivity index (χ2n) is 4.41. The Bertz CT molecular complexity index is 325. The summed E-state index contributed by atoms with van der Waals surface area (Å²) in [5, 5.41) is 12.1. The van der Waals surface area contributed by atoms with Crippen LogP contribution in [0.15, 0.2) is 4.52 Å². The van der Waals surface area contributed by atoms with E-state index in [-0.39, 0.29) is 17.7 Å². The minimum Gasteiger partial charge on any atom is -0.481 e. The lowest BCUT2D eigenvalue weighted by Gasteiger charge is -2.13. The molecule has 0 unspecified atom stereocenters. The summed E-state index contributed by atoms with van der Waals surface area (Å²) in [7, 11) is 0. The van der Waals surface area contributed by atoms with Gasteiger partial charge in [0.15, 0.2) is 5.82 Å². The van der Waals surface area contributed by atoms with Crippen LogP contribution in [-0.4, -0.2) is 21.2 Å². The maximum absolute atomic E-state index is 10.3. The van der Waals surface area contributed by atoms with Crippen molar-refractivity contribution in [1.29, 1.82) is 0 Å². The molecule has 5 nitrogen and oxygen atoms in total. The summed E-state index contributed by atoms with van der Waals surface area (Å²) < 4.78 is 4.92. The van der Waals surface area contributed by atoms with Gasteiger partial charge >= 0.3 is 5.97 Å². The molecule has 5 heteroatoms. The van der Waals surface area contributed by atoms with Crippen LogP contribution < -0.4 is 0 Å². The highest BCUT2D eigenvalue weighted by atomic mass is 16.5. The summed E-state index contributed by atoms with van der Waals surface area (Å²) in [6, 6.07) is 0. The largest absolute Gasteiger partial charge is 0.481 e. The SMILES string of the molecule is CC(C)(C)Cc1nc(CC(=O)O)no1. The van der Waals surface area contributed by atoms with Crippen molar-refractivity contribution < 1.29 is 14.4 Å². The van der Waals surface area contributed by atoms with Crippen LogP contribution in [0.4, 0.5) is 0 Å². The number of carboxylic acids is 1. The van der Waals surface area contributed by atoms with E-state index in [9.17, 15) is 4.79 Å². The van der Waals surface area contributed by atoms with Crippen LogP contribution in [0.25, 0.3) is 0 Å². The van der Waals surface area contributed by atoms with Crippen LogP contribution in [0.1, 0.15) is 32.5 Å². The van der Waals surface area contributed by atoms with Crippen molar-refractivity contribution in [1.82, 2.24) is 10.1 Å². The van der Waals surface area contributed by atoms with Crippen molar-refractivity contribution >= 4 is 5.97 Å². The smallest absolute Gasteiger partial charge is 0.311 e. The quantitative estimate of drug-likeness (QED) is 0.791. The van der Waals surface area contributed by atoms with Crippen molar-refractivity contribution in [3.05, 3.63) is 11.7 Å². The van der Waals surface area contributed by atoms with Gasteiger partial charge in [-0.15, -0.1) is 0 Å². The predicted molar refractivity (Wildman–Crippen MR) is 48.8 cm³/mol. The average molecular weight is 198 g/mol. The molecule has 1 N–H and O–H groups in total. The second-order valence-corrected chi connectivity index (χ2v) is 4.41. The number of hydrogen-bond donors (Lipinski definition) is 1. The van der Waals surface area contributed by atoms with Gasteiger partial charge < -0.3 is 9.63 Å². The van der Waals surface area contributed by atoms with E-state index in [4.69, 9.17) is 9.63 Å². The average Bonchev–Trinajstić information content (AvgIpc) is 2.30. The van der Waals surface area contributed by atoms with Gasteiger partial charge in [0.05, 0.1) is 0 Å². The standard InChI is InChI=1S/C9H14N2O3/c1-9(2,3)5-7-10-6(11-14-7)4-8(12)13/h4-5H2,1-3H3,(H,12,13). The van der Waals surface area contributed by atoms with Gasteiger partial charge in [-0.1, -0.05) is 25.9 Å². The summed E-state index contributed by atoms with van der Waals surface area (Å²) >= 11 is 0. The first-order valence-electron chi connectivity index (χ1n) is 4.40. The van der Waals surface area contributed by atoms with Gasteiger partial charge in [-0.25, -0.2) is 0 Å². The zero-order valence-corrected chi connectivity index (χ0v) is 8.57. The third-order valence-corrected chi connectivity index (χ3v) is 1.50. The highest BCUT2D eigenvalue weighted by Crippen LogP contribution is 2.19. The monoisotopic (exact) mass is 198 g/mol. The fourth-order valence-corrected chi connectivity index (χ4v) is 1.02. The molecule has 0 amide bonds. The highest BCUT2D eigenvalue weighted by molar-refractivity contribution is 5.68. The molecule has 0 fully saturated rings. The van der Waals surface area contributed by atoms with Crippen molar-refractivity contribution in [2.24, 2.45) is 5.41 Å². The van der Waals surface area contributed by atoms with E-state index in [2.05, 4.69) is 10.1 Å². The van der Waals surface area contributed by atoms with E-state index < -0.39 is 5.97 Å². The Kier molecular flexibility index (Phi) is 2.88. The predicted octanol–water partition coefficient (Wildman–Crippen LogP) is 1.29. The molecule has 0 aliphatic carbocycles. The molecule has 1 aromatic rings. The molecular formula is C9H14N2O3. The van der Waals surface area contributed by atoms with Crippen molar-refractivity contribution in [3.63, 3.8) is 0 Å². The number of carbonyl (C=O) groups is 1. The molecule has 0 radical (unpaired) electrons. The molecular weight excluding hydrogens is 184 g/mol. The Balaban J connectivity index is 2.64. The molecule has 0 spiro atoms. The number of aromatic nitrogens is 2. The highest BCUT2D eigenvalue weighted by Gasteiger charge is 2.17. The molecule has 0 aliphatic rings. The fraction of sp³-hybridized carbons (Fsp3) is 0.667. The molecule has 1 aromatic heterocycles. The lowest BCUT2D eigenvalue weighted by Crippen LogP contribution is -2.09. The Morgan fingerprint density at radius 3 is 2.64 bits per heavy atom. The number of nitrogens with zero attached hydrogens (tertiary/aromatic N) is 2. The van der Waals surface area contributed by atoms with Gasteiger partial charge in [0.2, 0.25) is 5.89 Å². The number of rotatable bonds is 3. The maximum atomic E-state index is 10.3. The van der Waals surface area contributed by atoms with Gasteiger partial charge in [0.25, 0.3) is 0 Å². The van der Waals surface area contributed by atoms with E-state index in [1.807, 2.05) is 20.8 Å². The minimum absolute atomic E-state index is 0.0625. The third-order valence-electron chi connectivity index (χ3n) is 1.50. The lowest BCUT2D eigenvalue weighted by atomic mass is 9.92. The Labute approximate surface area is 82.1 Å². The van der Waals surface area contributed by atoms with Crippen molar-refractivity contribution in [2.75, 3.05) is 0 Å². The first-order chi connectivity index (χ1) is 6.37. The molecule has 1 heterocycles. The number of aliphatic carboxylic acids is 1. The van der Waals surface area contributed by atoms with E-state index in [0.717, 1.165) is 0 Å². The first-order valence-corrected chi connectivity index (χ1v) is 4.40. The van der Waals surface area contributed by atoms with Crippen LogP contribution in [-0.2, 0) is 17.6 Å². The van der Waals surface area contributed by atoms with E-state index >= 15 is 0 Å². The molecule has 0 saturated heterocycles. The van der Waals surface area contributed by atoms with E-state index in [1.54, 1.807) is 0 Å². The number of hydrogen-bond acceptors (Lipinski definition) is 4. The Morgan fingerprint density at radius 1 is 1.50 bits per heavy atom. The Morgan fingerprint density at radius 2 is 2.14 bits per heavy atom. The zero-order chi connectivity index (χ0) is 10.8. The van der Waals surface area contributed by atoms with Gasteiger partial charge in [0, 0.05) is 6.42 Å². The minimum atomic E-state index is -0.951. The second kappa shape index (κ2) is 3.77. The summed E-state index contributed by atoms with van der Waals surface area (Å²) in [5.74, 6) is -0.224. The molecule has 1 rings (SSSR count). The fourth-order valence-electron chi connectivity index (χ4n) is 1.02. The van der Waals surface area contributed by atoms with Gasteiger partial charge in [-0.05, 0) is 5.41 Å². The normalized spacial score (nSPS) is 11.6. The topological polar surface area (TPSA) is 76.2 Å². The first kappa shape index (κ1) is 10.7. The molecule has 0 atom stereocenters. The maximum Gasteiger partial charge on any atom is 0.311 e. The van der Waals surface area contributed by atoms with Crippen molar-refractivity contribution in [3.8, 4) is 0 Å². The molecule has 78 valence electrons. The summed E-state index contributed by atoms with van der Waals surface area (Å²) in [4.78, 5) is 14.3. The molecule has 0 aromatic carbocycles. The summed E-state index contributed by atoms with van der Waals surface area (Å²) in [5.41, 5.74) is 0.0625.